The first-order valence-corrected chi connectivity index (χ1v) is 9.03. The van der Waals surface area contributed by atoms with E-state index in [9.17, 15) is 5.11 Å². The van der Waals surface area contributed by atoms with E-state index in [0.29, 0.717) is 6.61 Å². The van der Waals surface area contributed by atoms with Crippen molar-refractivity contribution < 1.29 is 9.84 Å². The third-order valence-corrected chi connectivity index (χ3v) is 5.72. The lowest BCUT2D eigenvalue weighted by Gasteiger charge is -2.56. The quantitative estimate of drug-likeness (QED) is 0.911. The molecule has 2 aliphatic rings. The zero-order valence-corrected chi connectivity index (χ0v) is 14.8. The molecule has 7 heteroatoms. The van der Waals surface area contributed by atoms with Crippen molar-refractivity contribution in [3.63, 3.8) is 0 Å². The second kappa shape index (κ2) is 6.38. The molecule has 0 aromatic carbocycles. The third kappa shape index (κ3) is 2.81. The van der Waals surface area contributed by atoms with Crippen LogP contribution in [-0.4, -0.2) is 57.0 Å². The topological polar surface area (TPSA) is 76.3 Å². The summed E-state index contributed by atoms with van der Waals surface area (Å²) in [5.41, 5.74) is 0.891. The number of aromatic nitrogens is 4. The Labute approximate surface area is 147 Å². The summed E-state index contributed by atoms with van der Waals surface area (Å²) in [6, 6.07) is 5.88. The van der Waals surface area contributed by atoms with Crippen LogP contribution in [0.1, 0.15) is 31.9 Å². The van der Waals surface area contributed by atoms with Gasteiger partial charge in [0.2, 0.25) is 0 Å². The summed E-state index contributed by atoms with van der Waals surface area (Å²) in [4.78, 5) is 2.24. The van der Waals surface area contributed by atoms with Crippen molar-refractivity contribution in [2.24, 2.45) is 5.41 Å². The average Bonchev–Trinajstić information content (AvgIpc) is 3.08. The predicted molar refractivity (Wildman–Crippen MR) is 93.8 cm³/mol. The van der Waals surface area contributed by atoms with Crippen molar-refractivity contribution in [3.8, 4) is 5.82 Å². The number of nitrogens with zero attached hydrogens (tertiary/aromatic N) is 5. The van der Waals surface area contributed by atoms with Gasteiger partial charge in [-0.1, -0.05) is 0 Å². The first-order valence-electron chi connectivity index (χ1n) is 9.03. The van der Waals surface area contributed by atoms with E-state index in [1.54, 1.807) is 4.68 Å². The number of aryl methyl sites for hydroxylation is 1. The fourth-order valence-electron chi connectivity index (χ4n) is 4.12. The number of hydrogen-bond donors (Lipinski definition) is 1. The zero-order chi connectivity index (χ0) is 17.4. The van der Waals surface area contributed by atoms with Crippen LogP contribution in [0.25, 0.3) is 5.82 Å². The molecule has 2 fully saturated rings. The molecule has 2 aromatic heterocycles. The molecule has 0 bridgehead atoms. The van der Waals surface area contributed by atoms with Gasteiger partial charge in [-0.3, -0.25) is 0 Å². The maximum Gasteiger partial charge on any atom is 0.175 e. The van der Waals surface area contributed by atoms with Crippen LogP contribution in [0.3, 0.4) is 0 Å². The highest BCUT2D eigenvalue weighted by Gasteiger charge is 2.56. The minimum atomic E-state index is -0.234. The van der Waals surface area contributed by atoms with Crippen LogP contribution >= 0.6 is 0 Å². The van der Waals surface area contributed by atoms with Gasteiger partial charge in [-0.25, -0.2) is 4.68 Å². The van der Waals surface area contributed by atoms with Crippen LogP contribution in [0, 0.1) is 12.3 Å². The van der Waals surface area contributed by atoms with Crippen molar-refractivity contribution in [2.75, 3.05) is 24.6 Å². The molecule has 1 aliphatic carbocycles. The summed E-state index contributed by atoms with van der Waals surface area (Å²) in [5, 5.41) is 23.3. The van der Waals surface area contributed by atoms with E-state index < -0.39 is 0 Å². The van der Waals surface area contributed by atoms with Gasteiger partial charge in [0.15, 0.2) is 11.6 Å². The Hall–Kier alpha value is -1.99. The molecule has 2 atom stereocenters. The van der Waals surface area contributed by atoms with E-state index in [4.69, 9.17) is 4.74 Å². The maximum atomic E-state index is 10.3. The molecule has 1 aliphatic heterocycles. The van der Waals surface area contributed by atoms with E-state index in [0.717, 1.165) is 49.7 Å². The third-order valence-electron chi connectivity index (χ3n) is 5.72. The van der Waals surface area contributed by atoms with Crippen LogP contribution in [0.5, 0.6) is 0 Å². The van der Waals surface area contributed by atoms with Gasteiger partial charge < -0.3 is 14.7 Å². The number of anilines is 1. The highest BCUT2D eigenvalue weighted by atomic mass is 16.5. The van der Waals surface area contributed by atoms with Gasteiger partial charge in [-0.15, -0.1) is 10.2 Å². The highest BCUT2D eigenvalue weighted by Crippen LogP contribution is 2.51. The van der Waals surface area contributed by atoms with Crippen LogP contribution < -0.4 is 4.90 Å². The van der Waals surface area contributed by atoms with Gasteiger partial charge in [0.25, 0.3) is 0 Å². The molecule has 4 rings (SSSR count). The zero-order valence-electron chi connectivity index (χ0n) is 14.8. The van der Waals surface area contributed by atoms with Gasteiger partial charge in [0.1, 0.15) is 0 Å². The largest absolute Gasteiger partial charge is 0.392 e. The van der Waals surface area contributed by atoms with Crippen LogP contribution in [0.15, 0.2) is 24.4 Å². The number of aliphatic hydroxyl groups excluding tert-OH is 1. The molecule has 3 heterocycles. The summed E-state index contributed by atoms with van der Waals surface area (Å²) in [6.07, 6.45) is 4.48. The molecule has 134 valence electrons. The second-order valence-electron chi connectivity index (χ2n) is 7.07. The summed E-state index contributed by atoms with van der Waals surface area (Å²) in [6.45, 7) is 6.42. The lowest BCUT2D eigenvalue weighted by Crippen LogP contribution is -2.62. The summed E-state index contributed by atoms with van der Waals surface area (Å²) in [7, 11) is 0. The fourth-order valence-corrected chi connectivity index (χ4v) is 4.12. The summed E-state index contributed by atoms with van der Waals surface area (Å²) >= 11 is 0. The van der Waals surface area contributed by atoms with E-state index >= 15 is 0 Å². The Kier molecular flexibility index (Phi) is 4.21. The Morgan fingerprint density at radius 1 is 1.20 bits per heavy atom. The lowest BCUT2D eigenvalue weighted by molar-refractivity contribution is -0.199. The van der Waals surface area contributed by atoms with Gasteiger partial charge in [0, 0.05) is 37.7 Å². The Morgan fingerprint density at radius 3 is 2.48 bits per heavy atom. The molecule has 1 N–H and O–H groups in total. The SMILES string of the molecule is CCOC1CC(O)C12CCN(c1ccc(-n3ccc(C)n3)nn1)CC2. The fraction of sp³-hybridized carbons (Fsp3) is 0.611. The van der Waals surface area contributed by atoms with E-state index in [1.165, 1.54) is 0 Å². The Bertz CT molecular complexity index is 719. The Balaban J connectivity index is 1.42. The average molecular weight is 343 g/mol. The van der Waals surface area contributed by atoms with Crippen molar-refractivity contribution in [1.29, 1.82) is 0 Å². The van der Waals surface area contributed by atoms with Gasteiger partial charge >= 0.3 is 0 Å². The lowest BCUT2D eigenvalue weighted by atomic mass is 9.58. The number of ether oxygens (including phenoxy) is 1. The molecule has 0 radical (unpaired) electrons. The molecule has 2 unspecified atom stereocenters. The number of rotatable bonds is 4. The smallest absolute Gasteiger partial charge is 0.175 e. The van der Waals surface area contributed by atoms with Crippen molar-refractivity contribution in [1.82, 2.24) is 20.0 Å². The van der Waals surface area contributed by atoms with E-state index in [2.05, 4.69) is 20.2 Å². The van der Waals surface area contributed by atoms with Gasteiger partial charge in [-0.05, 0) is 44.9 Å². The molecule has 25 heavy (non-hydrogen) atoms. The van der Waals surface area contributed by atoms with Crippen molar-refractivity contribution >= 4 is 5.82 Å². The molecule has 1 spiro atoms. The Morgan fingerprint density at radius 2 is 1.92 bits per heavy atom. The standard InChI is InChI=1S/C18H25N5O2/c1-3-25-15-12-14(24)18(15)7-10-22(11-8-18)16-4-5-17(20-19-16)23-9-6-13(2)21-23/h4-6,9,14-15,24H,3,7-8,10-12H2,1-2H3. The number of hydrogen-bond acceptors (Lipinski definition) is 6. The molecular formula is C18H25N5O2. The van der Waals surface area contributed by atoms with Crippen LogP contribution in [-0.2, 0) is 4.74 Å². The van der Waals surface area contributed by atoms with Gasteiger partial charge in [-0.2, -0.15) is 5.10 Å². The van der Waals surface area contributed by atoms with E-state index in [-0.39, 0.29) is 17.6 Å². The summed E-state index contributed by atoms with van der Waals surface area (Å²) < 4.78 is 7.56. The maximum absolute atomic E-state index is 10.3. The van der Waals surface area contributed by atoms with Crippen molar-refractivity contribution in [2.45, 2.75) is 45.3 Å². The minimum absolute atomic E-state index is 0.0630. The molecular weight excluding hydrogens is 318 g/mol. The molecule has 1 saturated heterocycles. The molecule has 1 saturated carbocycles. The minimum Gasteiger partial charge on any atom is -0.392 e. The highest BCUT2D eigenvalue weighted by molar-refractivity contribution is 5.40. The summed E-state index contributed by atoms with van der Waals surface area (Å²) in [5.74, 6) is 1.60. The number of aliphatic hydroxyl groups is 1. The predicted octanol–water partition coefficient (Wildman–Crippen LogP) is 1.73. The number of piperidine rings is 1. The normalized spacial score (nSPS) is 25.2. The van der Waals surface area contributed by atoms with E-state index in [1.807, 2.05) is 38.2 Å². The van der Waals surface area contributed by atoms with Crippen LogP contribution in [0.2, 0.25) is 0 Å². The first kappa shape index (κ1) is 16.5. The molecule has 0 amide bonds. The first-order chi connectivity index (χ1) is 12.1. The van der Waals surface area contributed by atoms with Crippen LogP contribution in [0.4, 0.5) is 5.82 Å². The molecule has 7 nitrogen and oxygen atoms in total. The van der Waals surface area contributed by atoms with Gasteiger partial charge in [0.05, 0.1) is 17.9 Å². The van der Waals surface area contributed by atoms with Crippen molar-refractivity contribution in [3.05, 3.63) is 30.1 Å². The second-order valence-corrected chi connectivity index (χ2v) is 7.07. The molecule has 2 aromatic rings. The monoisotopic (exact) mass is 343 g/mol.